The number of fused-ring (bicyclic) bond motifs is 1. The number of carbonyl (C=O) groups excluding carboxylic acids is 1. The van der Waals surface area contributed by atoms with Crippen molar-refractivity contribution in [3.63, 3.8) is 0 Å². The Balaban J connectivity index is 1.49. The molecule has 0 fully saturated rings. The third kappa shape index (κ3) is 3.96. The largest absolute Gasteiger partial charge is 0.489 e. The molecular formula is C22H16FN3O2. The van der Waals surface area contributed by atoms with Gasteiger partial charge in [0.2, 0.25) is 0 Å². The minimum absolute atomic E-state index is 0.282. The summed E-state index contributed by atoms with van der Waals surface area (Å²) in [7, 11) is 0. The lowest BCUT2D eigenvalue weighted by molar-refractivity contribution is 0.112. The highest BCUT2D eigenvalue weighted by Gasteiger charge is 2.06. The maximum Gasteiger partial charge on any atom is 0.150 e. The first kappa shape index (κ1) is 17.6. The summed E-state index contributed by atoms with van der Waals surface area (Å²) in [5.41, 5.74) is 2.89. The van der Waals surface area contributed by atoms with E-state index in [0.29, 0.717) is 17.1 Å². The number of hydrogen-bond donors (Lipinski definition) is 1. The van der Waals surface area contributed by atoms with Gasteiger partial charge in [0.25, 0.3) is 0 Å². The fourth-order valence-electron chi connectivity index (χ4n) is 2.81. The molecule has 0 atom stereocenters. The van der Waals surface area contributed by atoms with Gasteiger partial charge in [0, 0.05) is 16.6 Å². The smallest absolute Gasteiger partial charge is 0.150 e. The Morgan fingerprint density at radius 3 is 2.64 bits per heavy atom. The normalized spacial score (nSPS) is 10.6. The summed E-state index contributed by atoms with van der Waals surface area (Å²) < 4.78 is 18.9. The lowest BCUT2D eigenvalue weighted by Crippen LogP contribution is -1.98. The summed E-state index contributed by atoms with van der Waals surface area (Å²) in [6.07, 6.45) is 2.27. The van der Waals surface area contributed by atoms with E-state index >= 15 is 0 Å². The quantitative estimate of drug-likeness (QED) is 0.487. The second-order valence-corrected chi connectivity index (χ2v) is 6.18. The van der Waals surface area contributed by atoms with Crippen molar-refractivity contribution in [2.75, 3.05) is 5.32 Å². The molecule has 0 spiro atoms. The van der Waals surface area contributed by atoms with Crippen LogP contribution >= 0.6 is 0 Å². The van der Waals surface area contributed by atoms with Crippen molar-refractivity contribution in [1.82, 2.24) is 9.97 Å². The van der Waals surface area contributed by atoms with Crippen molar-refractivity contribution in [1.29, 1.82) is 0 Å². The fourth-order valence-corrected chi connectivity index (χ4v) is 2.81. The second kappa shape index (κ2) is 7.84. The Hall–Kier alpha value is -3.80. The van der Waals surface area contributed by atoms with Crippen molar-refractivity contribution in [3.8, 4) is 5.75 Å². The standard InChI is InChI=1S/C22H16FN3O2/c23-17-3-1-2-16(10-17)13-28-19-7-5-18(6-8-19)26-22-20-11-15(12-27)4-9-21(20)24-14-25-22/h1-12,14H,13H2,(H,24,25,26). The number of nitrogens with zero attached hydrogens (tertiary/aromatic N) is 2. The average molecular weight is 373 g/mol. The molecule has 0 saturated carbocycles. The molecule has 0 amide bonds. The van der Waals surface area contributed by atoms with E-state index in [1.165, 1.54) is 18.5 Å². The number of carbonyl (C=O) groups is 1. The van der Waals surface area contributed by atoms with Gasteiger partial charge < -0.3 is 10.1 Å². The minimum atomic E-state index is -0.282. The molecule has 6 heteroatoms. The number of benzene rings is 3. The van der Waals surface area contributed by atoms with E-state index in [1.54, 1.807) is 24.3 Å². The van der Waals surface area contributed by atoms with Gasteiger partial charge in [-0.05, 0) is 60.2 Å². The van der Waals surface area contributed by atoms with Gasteiger partial charge in [-0.25, -0.2) is 14.4 Å². The van der Waals surface area contributed by atoms with Gasteiger partial charge in [-0.1, -0.05) is 12.1 Å². The molecule has 28 heavy (non-hydrogen) atoms. The van der Waals surface area contributed by atoms with Crippen molar-refractivity contribution in [2.24, 2.45) is 0 Å². The summed E-state index contributed by atoms with van der Waals surface area (Å²) in [6.45, 7) is 0.287. The number of aromatic nitrogens is 2. The van der Waals surface area contributed by atoms with Gasteiger partial charge in [0.15, 0.2) is 0 Å². The number of hydrogen-bond acceptors (Lipinski definition) is 5. The molecule has 3 aromatic carbocycles. The van der Waals surface area contributed by atoms with E-state index < -0.39 is 0 Å². The molecule has 0 radical (unpaired) electrons. The Kier molecular flexibility index (Phi) is 4.93. The molecule has 0 aliphatic heterocycles. The summed E-state index contributed by atoms with van der Waals surface area (Å²) in [5.74, 6) is 1.00. The highest BCUT2D eigenvalue weighted by atomic mass is 19.1. The average Bonchev–Trinajstić information content (AvgIpc) is 2.73. The SMILES string of the molecule is O=Cc1ccc2ncnc(Nc3ccc(OCc4cccc(F)c4)cc3)c2c1. The number of halogens is 1. The molecule has 0 aliphatic rings. The topological polar surface area (TPSA) is 64.1 Å². The van der Waals surface area contributed by atoms with E-state index in [0.717, 1.165) is 28.4 Å². The van der Waals surface area contributed by atoms with Crippen molar-refractivity contribution < 1.29 is 13.9 Å². The minimum Gasteiger partial charge on any atom is -0.489 e. The third-order valence-corrected chi connectivity index (χ3v) is 4.21. The van der Waals surface area contributed by atoms with Crippen LogP contribution in [0.3, 0.4) is 0 Å². The predicted molar refractivity (Wildman–Crippen MR) is 105 cm³/mol. The highest BCUT2D eigenvalue weighted by Crippen LogP contribution is 2.25. The van der Waals surface area contributed by atoms with E-state index in [-0.39, 0.29) is 12.4 Å². The fraction of sp³-hybridized carbons (Fsp3) is 0.0455. The molecule has 5 nitrogen and oxygen atoms in total. The summed E-state index contributed by atoms with van der Waals surface area (Å²) in [5, 5.41) is 4.00. The van der Waals surface area contributed by atoms with E-state index in [9.17, 15) is 9.18 Å². The third-order valence-electron chi connectivity index (χ3n) is 4.21. The lowest BCUT2D eigenvalue weighted by Gasteiger charge is -2.10. The molecule has 138 valence electrons. The van der Waals surface area contributed by atoms with E-state index in [2.05, 4.69) is 15.3 Å². The van der Waals surface area contributed by atoms with Crippen LogP contribution in [0.2, 0.25) is 0 Å². The lowest BCUT2D eigenvalue weighted by atomic mass is 10.1. The number of rotatable bonds is 6. The number of aldehydes is 1. The Labute approximate surface area is 160 Å². The molecule has 1 heterocycles. The molecule has 0 bridgehead atoms. The predicted octanol–water partition coefficient (Wildman–Crippen LogP) is 4.90. The number of anilines is 2. The molecule has 1 aromatic heterocycles. The first-order valence-electron chi connectivity index (χ1n) is 8.65. The number of ether oxygens (including phenoxy) is 1. The maximum absolute atomic E-state index is 13.2. The Morgan fingerprint density at radius 1 is 1.00 bits per heavy atom. The van der Waals surface area contributed by atoms with Crippen LogP contribution in [0.5, 0.6) is 5.75 Å². The molecular weight excluding hydrogens is 357 g/mol. The van der Waals surface area contributed by atoms with Crippen LogP contribution in [0, 0.1) is 5.82 Å². The van der Waals surface area contributed by atoms with Gasteiger partial charge in [-0.3, -0.25) is 4.79 Å². The first-order chi connectivity index (χ1) is 13.7. The zero-order valence-corrected chi connectivity index (χ0v) is 14.8. The molecule has 0 saturated heterocycles. The van der Waals surface area contributed by atoms with E-state index in [4.69, 9.17) is 4.74 Å². The van der Waals surface area contributed by atoms with Crippen LogP contribution in [0.1, 0.15) is 15.9 Å². The molecule has 4 rings (SSSR count). The number of nitrogens with one attached hydrogen (secondary N) is 1. The molecule has 4 aromatic rings. The first-order valence-corrected chi connectivity index (χ1v) is 8.65. The van der Waals surface area contributed by atoms with Crippen LogP contribution in [-0.4, -0.2) is 16.3 Å². The second-order valence-electron chi connectivity index (χ2n) is 6.18. The maximum atomic E-state index is 13.2. The van der Waals surface area contributed by atoms with Crippen LogP contribution in [-0.2, 0) is 6.61 Å². The Bertz CT molecular complexity index is 1130. The Morgan fingerprint density at radius 2 is 1.86 bits per heavy atom. The van der Waals surface area contributed by atoms with Crippen LogP contribution in [0.4, 0.5) is 15.9 Å². The summed E-state index contributed by atoms with van der Waals surface area (Å²) in [4.78, 5) is 19.5. The summed E-state index contributed by atoms with van der Waals surface area (Å²) in [6, 6.07) is 18.9. The van der Waals surface area contributed by atoms with Crippen LogP contribution in [0.15, 0.2) is 73.1 Å². The monoisotopic (exact) mass is 373 g/mol. The highest BCUT2D eigenvalue weighted by molar-refractivity contribution is 5.94. The molecule has 0 unspecified atom stereocenters. The zero-order valence-electron chi connectivity index (χ0n) is 14.8. The van der Waals surface area contributed by atoms with Gasteiger partial charge in [-0.2, -0.15) is 0 Å². The van der Waals surface area contributed by atoms with Gasteiger partial charge in [0.05, 0.1) is 5.52 Å². The van der Waals surface area contributed by atoms with E-state index in [1.807, 2.05) is 30.3 Å². The summed E-state index contributed by atoms with van der Waals surface area (Å²) >= 11 is 0. The van der Waals surface area contributed by atoms with Crippen molar-refractivity contribution in [2.45, 2.75) is 6.61 Å². The van der Waals surface area contributed by atoms with Crippen molar-refractivity contribution >= 4 is 28.7 Å². The van der Waals surface area contributed by atoms with Crippen molar-refractivity contribution in [3.05, 3.63) is 90.0 Å². The molecule has 1 N–H and O–H groups in total. The zero-order chi connectivity index (χ0) is 19.3. The molecule has 0 aliphatic carbocycles. The van der Waals surface area contributed by atoms with Crippen LogP contribution in [0.25, 0.3) is 10.9 Å². The van der Waals surface area contributed by atoms with Gasteiger partial charge in [-0.15, -0.1) is 0 Å². The van der Waals surface area contributed by atoms with Crippen LogP contribution < -0.4 is 10.1 Å². The van der Waals surface area contributed by atoms with Gasteiger partial charge >= 0.3 is 0 Å². The van der Waals surface area contributed by atoms with Gasteiger partial charge in [0.1, 0.15) is 36.6 Å².